The lowest BCUT2D eigenvalue weighted by Gasteiger charge is -2.38. The van der Waals surface area contributed by atoms with Crippen molar-refractivity contribution in [2.45, 2.75) is 19.5 Å². The van der Waals surface area contributed by atoms with Gasteiger partial charge in [0.05, 0.1) is 29.4 Å². The van der Waals surface area contributed by atoms with Gasteiger partial charge in [0.2, 0.25) is 0 Å². The van der Waals surface area contributed by atoms with Gasteiger partial charge in [-0.15, -0.1) is 0 Å². The van der Waals surface area contributed by atoms with Crippen LogP contribution in [-0.4, -0.2) is 64.2 Å². The minimum absolute atomic E-state index is 0.163. The van der Waals surface area contributed by atoms with Crippen LogP contribution in [-0.2, 0) is 4.74 Å². The van der Waals surface area contributed by atoms with E-state index in [9.17, 15) is 9.59 Å². The van der Waals surface area contributed by atoms with Crippen LogP contribution in [0.1, 0.15) is 23.7 Å². The molecule has 0 radical (unpaired) electrons. The van der Waals surface area contributed by atoms with E-state index in [0.717, 1.165) is 23.1 Å². The Hall–Kier alpha value is -3.10. The van der Waals surface area contributed by atoms with Gasteiger partial charge in [-0.25, -0.2) is 9.78 Å². The van der Waals surface area contributed by atoms with Gasteiger partial charge in [-0.1, -0.05) is 24.6 Å². The molecule has 1 aliphatic heterocycles. The van der Waals surface area contributed by atoms with Gasteiger partial charge in [-0.2, -0.15) is 0 Å². The molecular weight excluding hydrogens is 418 g/mol. The molecule has 0 bridgehead atoms. The van der Waals surface area contributed by atoms with Crippen molar-refractivity contribution in [2.75, 3.05) is 26.2 Å². The second kappa shape index (κ2) is 8.95. The molecule has 3 aromatic rings. The number of halogens is 1. The summed E-state index contributed by atoms with van der Waals surface area (Å²) in [6.45, 7) is 3.21. The maximum absolute atomic E-state index is 13.1. The number of carbonyl (C=O) groups is 2. The van der Waals surface area contributed by atoms with E-state index in [1.54, 1.807) is 23.1 Å². The van der Waals surface area contributed by atoms with Crippen molar-refractivity contribution in [2.24, 2.45) is 5.73 Å². The lowest BCUT2D eigenvalue weighted by molar-refractivity contribution is 0.0390. The van der Waals surface area contributed by atoms with E-state index in [4.69, 9.17) is 22.1 Å². The van der Waals surface area contributed by atoms with Crippen LogP contribution in [0.25, 0.3) is 22.2 Å². The molecule has 2 amide bonds. The molecule has 0 aliphatic carbocycles. The SMILES string of the molecule is CCCOC(=O)N1CCN(C(=O)c2ccc3c(Cl)cc(-c4cc[nH]c4)nc3c2)C[C@H]1N. The van der Waals surface area contributed by atoms with Crippen LogP contribution in [0, 0.1) is 0 Å². The number of H-pyrrole nitrogens is 1. The second-order valence-electron chi connectivity index (χ2n) is 7.45. The monoisotopic (exact) mass is 441 g/mol. The number of nitrogens with two attached hydrogens (primary N) is 1. The average Bonchev–Trinajstić information content (AvgIpc) is 3.31. The molecule has 1 aliphatic rings. The summed E-state index contributed by atoms with van der Waals surface area (Å²) in [5.41, 5.74) is 8.92. The fourth-order valence-electron chi connectivity index (χ4n) is 3.63. The zero-order valence-electron chi connectivity index (χ0n) is 17.2. The first-order valence-corrected chi connectivity index (χ1v) is 10.6. The summed E-state index contributed by atoms with van der Waals surface area (Å²) in [7, 11) is 0. The van der Waals surface area contributed by atoms with Gasteiger partial charge in [0, 0.05) is 42.0 Å². The fourth-order valence-corrected chi connectivity index (χ4v) is 3.89. The van der Waals surface area contributed by atoms with Gasteiger partial charge in [0.25, 0.3) is 5.91 Å². The van der Waals surface area contributed by atoms with E-state index in [2.05, 4.69) is 9.97 Å². The molecule has 1 aromatic carbocycles. The van der Waals surface area contributed by atoms with Crippen LogP contribution in [0.5, 0.6) is 0 Å². The van der Waals surface area contributed by atoms with Gasteiger partial charge in [-0.3, -0.25) is 9.69 Å². The molecule has 8 nitrogen and oxygen atoms in total. The summed E-state index contributed by atoms with van der Waals surface area (Å²) in [4.78, 5) is 36.0. The zero-order chi connectivity index (χ0) is 22.0. The van der Waals surface area contributed by atoms with Crippen molar-refractivity contribution in [1.29, 1.82) is 0 Å². The van der Waals surface area contributed by atoms with Crippen molar-refractivity contribution in [3.05, 3.63) is 53.3 Å². The number of rotatable bonds is 4. The van der Waals surface area contributed by atoms with Gasteiger partial charge in [-0.05, 0) is 30.7 Å². The topological polar surface area (TPSA) is 105 Å². The lowest BCUT2D eigenvalue weighted by atomic mass is 10.1. The first-order chi connectivity index (χ1) is 15.0. The minimum atomic E-state index is -0.615. The maximum Gasteiger partial charge on any atom is 0.411 e. The van der Waals surface area contributed by atoms with Crippen LogP contribution in [0.4, 0.5) is 4.79 Å². The van der Waals surface area contributed by atoms with E-state index in [1.165, 1.54) is 4.90 Å². The number of fused-ring (bicyclic) bond motifs is 1. The molecule has 0 spiro atoms. The molecule has 9 heteroatoms. The first-order valence-electron chi connectivity index (χ1n) is 10.2. The summed E-state index contributed by atoms with van der Waals surface area (Å²) in [5, 5.41) is 1.35. The maximum atomic E-state index is 13.1. The van der Waals surface area contributed by atoms with Gasteiger partial charge >= 0.3 is 6.09 Å². The number of aromatic amines is 1. The van der Waals surface area contributed by atoms with Gasteiger partial charge in [0.1, 0.15) is 6.17 Å². The Kier molecular flexibility index (Phi) is 6.11. The van der Waals surface area contributed by atoms with E-state index in [0.29, 0.717) is 35.8 Å². The van der Waals surface area contributed by atoms with Crippen molar-refractivity contribution in [3.63, 3.8) is 0 Å². The number of pyridine rings is 1. The highest BCUT2D eigenvalue weighted by Gasteiger charge is 2.31. The number of carbonyl (C=O) groups excluding carboxylic acids is 2. The zero-order valence-corrected chi connectivity index (χ0v) is 17.9. The highest BCUT2D eigenvalue weighted by atomic mass is 35.5. The minimum Gasteiger partial charge on any atom is -0.449 e. The van der Waals surface area contributed by atoms with E-state index in [1.807, 2.05) is 31.5 Å². The predicted molar refractivity (Wildman–Crippen MR) is 119 cm³/mol. The number of hydrogen-bond donors (Lipinski definition) is 2. The van der Waals surface area contributed by atoms with Crippen LogP contribution < -0.4 is 5.73 Å². The third-order valence-electron chi connectivity index (χ3n) is 5.27. The number of hydrogen-bond acceptors (Lipinski definition) is 5. The quantitative estimate of drug-likeness (QED) is 0.645. The van der Waals surface area contributed by atoms with Crippen LogP contribution in [0.2, 0.25) is 5.02 Å². The normalized spacial score (nSPS) is 16.5. The second-order valence-corrected chi connectivity index (χ2v) is 7.85. The highest BCUT2D eigenvalue weighted by molar-refractivity contribution is 6.35. The standard InChI is InChI=1S/C22H24ClN5O3/c1-2-9-31-22(30)28-8-7-27(13-20(28)24)21(29)14-3-4-16-17(23)11-18(26-19(16)10-14)15-5-6-25-12-15/h3-6,10-12,20,25H,2,7-9,13,24H2,1H3/t20-/m0/s1. The molecule has 3 heterocycles. The summed E-state index contributed by atoms with van der Waals surface area (Å²) in [6, 6.07) is 9.00. The Morgan fingerprint density at radius 1 is 1.29 bits per heavy atom. The molecule has 31 heavy (non-hydrogen) atoms. The number of benzene rings is 1. The number of amides is 2. The number of piperazine rings is 1. The van der Waals surface area contributed by atoms with Crippen molar-refractivity contribution in [3.8, 4) is 11.3 Å². The summed E-state index contributed by atoms with van der Waals surface area (Å²) >= 11 is 6.45. The molecule has 3 N–H and O–H groups in total. The number of aromatic nitrogens is 2. The van der Waals surface area contributed by atoms with Crippen molar-refractivity contribution >= 4 is 34.5 Å². The number of nitrogens with zero attached hydrogens (tertiary/aromatic N) is 3. The molecule has 4 rings (SSSR count). The molecule has 1 fully saturated rings. The van der Waals surface area contributed by atoms with Crippen molar-refractivity contribution in [1.82, 2.24) is 19.8 Å². The molecule has 0 saturated carbocycles. The molecule has 162 valence electrons. The summed E-state index contributed by atoms with van der Waals surface area (Å²) in [6.07, 6.45) is 3.34. The number of ether oxygens (including phenoxy) is 1. The molecular formula is C22H24ClN5O3. The van der Waals surface area contributed by atoms with Gasteiger partial charge < -0.3 is 20.4 Å². The van der Waals surface area contributed by atoms with Crippen LogP contribution in [0.15, 0.2) is 42.7 Å². The summed E-state index contributed by atoms with van der Waals surface area (Å²) in [5.74, 6) is -0.163. The third kappa shape index (κ3) is 4.35. The Labute approximate surface area is 184 Å². The molecule has 0 unspecified atom stereocenters. The third-order valence-corrected chi connectivity index (χ3v) is 5.58. The summed E-state index contributed by atoms with van der Waals surface area (Å²) < 4.78 is 5.16. The molecule has 1 atom stereocenters. The van der Waals surface area contributed by atoms with E-state index < -0.39 is 12.3 Å². The number of nitrogens with one attached hydrogen (secondary N) is 1. The van der Waals surface area contributed by atoms with E-state index >= 15 is 0 Å². The largest absolute Gasteiger partial charge is 0.449 e. The first kappa shape index (κ1) is 21.1. The van der Waals surface area contributed by atoms with Crippen LogP contribution in [0.3, 0.4) is 0 Å². The Morgan fingerprint density at radius 3 is 2.84 bits per heavy atom. The Bertz CT molecular complexity index is 1100. The van der Waals surface area contributed by atoms with Crippen molar-refractivity contribution < 1.29 is 14.3 Å². The smallest absolute Gasteiger partial charge is 0.411 e. The molecule has 1 saturated heterocycles. The van der Waals surface area contributed by atoms with Gasteiger partial charge in [0.15, 0.2) is 0 Å². The molecule has 2 aromatic heterocycles. The highest BCUT2D eigenvalue weighted by Crippen LogP contribution is 2.29. The average molecular weight is 442 g/mol. The Balaban J connectivity index is 1.53. The Morgan fingerprint density at radius 2 is 2.13 bits per heavy atom. The lowest BCUT2D eigenvalue weighted by Crippen LogP contribution is -2.60. The van der Waals surface area contributed by atoms with E-state index in [-0.39, 0.29) is 12.5 Å². The predicted octanol–water partition coefficient (Wildman–Crippen LogP) is 3.47. The fraction of sp³-hybridized carbons (Fsp3) is 0.318. The van der Waals surface area contributed by atoms with Crippen LogP contribution >= 0.6 is 11.6 Å².